The summed E-state index contributed by atoms with van der Waals surface area (Å²) in [5, 5.41) is 4.59. The number of hydrogen-bond acceptors (Lipinski definition) is 6. The van der Waals surface area contributed by atoms with E-state index in [0.29, 0.717) is 16.8 Å². The van der Waals surface area contributed by atoms with Crippen molar-refractivity contribution in [2.75, 3.05) is 5.73 Å². The van der Waals surface area contributed by atoms with Crippen LogP contribution in [0.5, 0.6) is 0 Å². The van der Waals surface area contributed by atoms with Gasteiger partial charge in [-0.25, -0.2) is 4.98 Å². The molecule has 0 saturated heterocycles. The highest BCUT2D eigenvalue weighted by Gasteiger charge is 2.17. The van der Waals surface area contributed by atoms with Gasteiger partial charge in [-0.05, 0) is 37.5 Å². The fourth-order valence-corrected chi connectivity index (χ4v) is 2.93. The fraction of sp³-hybridized carbons (Fsp3) is 0.267. The number of aryl methyl sites for hydroxylation is 3. The van der Waals surface area contributed by atoms with Crippen LogP contribution in [0.25, 0.3) is 22.2 Å². The summed E-state index contributed by atoms with van der Waals surface area (Å²) in [6.45, 7) is 6.17. The van der Waals surface area contributed by atoms with E-state index in [0.717, 1.165) is 22.6 Å². The number of thiazole rings is 1. The van der Waals surface area contributed by atoms with Crippen LogP contribution in [0.15, 0.2) is 22.7 Å². The van der Waals surface area contributed by atoms with Crippen molar-refractivity contribution >= 4 is 16.5 Å². The molecule has 0 saturated carbocycles. The van der Waals surface area contributed by atoms with E-state index in [1.807, 2.05) is 13.0 Å². The lowest BCUT2D eigenvalue weighted by Crippen LogP contribution is -1.87. The van der Waals surface area contributed by atoms with E-state index in [1.165, 1.54) is 22.5 Å². The average Bonchev–Trinajstić information content (AvgIpc) is 3.08. The Morgan fingerprint density at radius 2 is 2.00 bits per heavy atom. The van der Waals surface area contributed by atoms with Gasteiger partial charge in [0.25, 0.3) is 5.89 Å². The molecule has 2 aromatic heterocycles. The molecule has 0 atom stereocenters. The van der Waals surface area contributed by atoms with E-state index in [9.17, 15) is 0 Å². The topological polar surface area (TPSA) is 77.8 Å². The predicted molar refractivity (Wildman–Crippen MR) is 84.1 cm³/mol. The van der Waals surface area contributed by atoms with E-state index < -0.39 is 0 Å². The molecule has 0 radical (unpaired) electrons. The van der Waals surface area contributed by atoms with Crippen LogP contribution in [0.4, 0.5) is 5.13 Å². The Hall–Kier alpha value is -2.21. The SMILES string of the molecule is CCc1nc(N)sc1-c1nc(-c2ccc(C)c(C)c2)no1. The molecule has 0 aliphatic heterocycles. The van der Waals surface area contributed by atoms with Crippen LogP contribution in [0.1, 0.15) is 23.7 Å². The summed E-state index contributed by atoms with van der Waals surface area (Å²) in [6.07, 6.45) is 0.782. The van der Waals surface area contributed by atoms with Crippen LogP contribution in [0, 0.1) is 13.8 Å². The molecule has 0 spiro atoms. The largest absolute Gasteiger partial charge is 0.375 e. The van der Waals surface area contributed by atoms with Crippen LogP contribution >= 0.6 is 11.3 Å². The maximum Gasteiger partial charge on any atom is 0.270 e. The monoisotopic (exact) mass is 300 g/mol. The van der Waals surface area contributed by atoms with Gasteiger partial charge in [-0.15, -0.1) is 0 Å². The molecule has 3 rings (SSSR count). The first kappa shape index (κ1) is 13.8. The molecule has 0 unspecified atom stereocenters. The lowest BCUT2D eigenvalue weighted by atomic mass is 10.1. The summed E-state index contributed by atoms with van der Waals surface area (Å²) in [4.78, 5) is 9.62. The summed E-state index contributed by atoms with van der Waals surface area (Å²) in [6, 6.07) is 6.12. The van der Waals surface area contributed by atoms with Crippen molar-refractivity contribution in [2.24, 2.45) is 0 Å². The minimum Gasteiger partial charge on any atom is -0.375 e. The third-order valence-corrected chi connectivity index (χ3v) is 4.35. The predicted octanol–water partition coefficient (Wildman–Crippen LogP) is 3.62. The first-order valence-electron chi connectivity index (χ1n) is 6.75. The van der Waals surface area contributed by atoms with E-state index in [1.54, 1.807) is 0 Å². The minimum atomic E-state index is 0.481. The van der Waals surface area contributed by atoms with Crippen LogP contribution in [-0.4, -0.2) is 15.1 Å². The van der Waals surface area contributed by atoms with Crippen molar-refractivity contribution in [2.45, 2.75) is 27.2 Å². The van der Waals surface area contributed by atoms with Crippen LogP contribution in [0.3, 0.4) is 0 Å². The number of aromatic nitrogens is 3. The van der Waals surface area contributed by atoms with E-state index in [2.05, 4.69) is 41.1 Å². The number of anilines is 1. The second kappa shape index (κ2) is 5.29. The third kappa shape index (κ3) is 2.54. The molecule has 5 nitrogen and oxygen atoms in total. The summed E-state index contributed by atoms with van der Waals surface area (Å²) >= 11 is 1.38. The molecule has 108 valence electrons. The van der Waals surface area contributed by atoms with Crippen molar-refractivity contribution in [3.8, 4) is 22.2 Å². The number of benzene rings is 1. The Labute approximate surface area is 126 Å². The van der Waals surface area contributed by atoms with Gasteiger partial charge in [0.1, 0.15) is 4.88 Å². The molecular weight excluding hydrogens is 284 g/mol. The number of nitrogens with zero attached hydrogens (tertiary/aromatic N) is 3. The number of nitrogens with two attached hydrogens (primary N) is 1. The first-order chi connectivity index (χ1) is 10.1. The number of rotatable bonds is 3. The Morgan fingerprint density at radius 1 is 1.19 bits per heavy atom. The standard InChI is InChI=1S/C15H16N4OS/c1-4-11-12(21-15(16)17-11)14-18-13(19-20-14)10-6-5-8(2)9(3)7-10/h5-7H,4H2,1-3H3,(H2,16,17). The summed E-state index contributed by atoms with van der Waals surface area (Å²) in [7, 11) is 0. The second-order valence-corrected chi connectivity index (χ2v) is 5.93. The summed E-state index contributed by atoms with van der Waals surface area (Å²) in [5.41, 5.74) is 10.1. The molecule has 0 bridgehead atoms. The van der Waals surface area contributed by atoms with Gasteiger partial charge in [-0.3, -0.25) is 0 Å². The molecule has 2 heterocycles. The fourth-order valence-electron chi connectivity index (χ4n) is 2.09. The van der Waals surface area contributed by atoms with Gasteiger partial charge < -0.3 is 10.3 Å². The second-order valence-electron chi connectivity index (χ2n) is 4.90. The van der Waals surface area contributed by atoms with Gasteiger partial charge in [0.15, 0.2) is 5.13 Å². The highest BCUT2D eigenvalue weighted by Crippen LogP contribution is 2.32. The quantitative estimate of drug-likeness (QED) is 0.799. The van der Waals surface area contributed by atoms with Crippen LogP contribution < -0.4 is 5.73 Å². The number of nitrogen functional groups attached to an aromatic ring is 1. The summed E-state index contributed by atoms with van der Waals surface area (Å²) in [5.74, 6) is 1.07. The minimum absolute atomic E-state index is 0.481. The van der Waals surface area contributed by atoms with Gasteiger partial charge in [0, 0.05) is 5.56 Å². The van der Waals surface area contributed by atoms with Gasteiger partial charge in [0.2, 0.25) is 5.82 Å². The van der Waals surface area contributed by atoms with Crippen LogP contribution in [-0.2, 0) is 6.42 Å². The molecule has 1 aromatic carbocycles. The zero-order chi connectivity index (χ0) is 15.0. The Kier molecular flexibility index (Phi) is 3.47. The van der Waals surface area contributed by atoms with Crippen molar-refractivity contribution in [3.63, 3.8) is 0 Å². The maximum atomic E-state index is 5.76. The van der Waals surface area contributed by atoms with Crippen molar-refractivity contribution in [1.82, 2.24) is 15.1 Å². The number of hydrogen-bond donors (Lipinski definition) is 1. The Balaban J connectivity index is 2.01. The highest BCUT2D eigenvalue weighted by atomic mass is 32.1. The molecule has 2 N–H and O–H groups in total. The Morgan fingerprint density at radius 3 is 2.71 bits per heavy atom. The summed E-state index contributed by atoms with van der Waals surface area (Å²) < 4.78 is 5.38. The smallest absolute Gasteiger partial charge is 0.270 e. The Bertz CT molecular complexity index is 791. The lowest BCUT2D eigenvalue weighted by molar-refractivity contribution is 0.433. The molecule has 6 heteroatoms. The van der Waals surface area contributed by atoms with Gasteiger partial charge in [-0.2, -0.15) is 4.98 Å². The third-order valence-electron chi connectivity index (χ3n) is 3.43. The zero-order valence-corrected chi connectivity index (χ0v) is 13.0. The van der Waals surface area contributed by atoms with Crippen molar-refractivity contribution < 1.29 is 4.52 Å². The first-order valence-corrected chi connectivity index (χ1v) is 7.57. The normalized spacial score (nSPS) is 11.0. The van der Waals surface area contributed by atoms with E-state index in [4.69, 9.17) is 10.3 Å². The van der Waals surface area contributed by atoms with E-state index in [-0.39, 0.29) is 0 Å². The van der Waals surface area contributed by atoms with Gasteiger partial charge >= 0.3 is 0 Å². The molecule has 0 fully saturated rings. The van der Waals surface area contributed by atoms with Crippen molar-refractivity contribution in [3.05, 3.63) is 35.0 Å². The van der Waals surface area contributed by atoms with E-state index >= 15 is 0 Å². The molecule has 3 aromatic rings. The molecule has 21 heavy (non-hydrogen) atoms. The van der Waals surface area contributed by atoms with Gasteiger partial charge in [-0.1, -0.05) is 35.5 Å². The van der Waals surface area contributed by atoms with Crippen LogP contribution in [0.2, 0.25) is 0 Å². The average molecular weight is 300 g/mol. The molecule has 0 aliphatic rings. The molecule has 0 amide bonds. The van der Waals surface area contributed by atoms with Crippen molar-refractivity contribution in [1.29, 1.82) is 0 Å². The zero-order valence-electron chi connectivity index (χ0n) is 12.2. The lowest BCUT2D eigenvalue weighted by Gasteiger charge is -2.00. The molecule has 0 aliphatic carbocycles. The molecular formula is C15H16N4OS. The van der Waals surface area contributed by atoms with Gasteiger partial charge in [0.05, 0.1) is 5.69 Å². The maximum absolute atomic E-state index is 5.76. The highest BCUT2D eigenvalue weighted by molar-refractivity contribution is 7.18.